The molecular formula is C10H12N2S. The molecule has 0 aliphatic rings. The van der Waals surface area contributed by atoms with Gasteiger partial charge in [-0.3, -0.25) is 0 Å². The summed E-state index contributed by atoms with van der Waals surface area (Å²) in [6.45, 7) is 2.10. The molecule has 0 bridgehead atoms. The fraction of sp³-hybridized carbons (Fsp3) is 0.200. The SMILES string of the molecule is CCc1c(N)ccc2scc(N)c12. The van der Waals surface area contributed by atoms with Crippen LogP contribution in [0.15, 0.2) is 17.5 Å². The van der Waals surface area contributed by atoms with Crippen LogP contribution in [0, 0.1) is 0 Å². The molecule has 0 saturated carbocycles. The van der Waals surface area contributed by atoms with Crippen LogP contribution in [0.1, 0.15) is 12.5 Å². The molecule has 0 aliphatic carbocycles. The summed E-state index contributed by atoms with van der Waals surface area (Å²) >= 11 is 1.67. The fourth-order valence-electron chi connectivity index (χ4n) is 1.62. The van der Waals surface area contributed by atoms with E-state index >= 15 is 0 Å². The number of rotatable bonds is 1. The Morgan fingerprint density at radius 1 is 1.23 bits per heavy atom. The summed E-state index contributed by atoms with van der Waals surface area (Å²) in [4.78, 5) is 0. The molecule has 1 aromatic heterocycles. The monoisotopic (exact) mass is 192 g/mol. The zero-order chi connectivity index (χ0) is 9.42. The van der Waals surface area contributed by atoms with Crippen molar-refractivity contribution in [3.05, 3.63) is 23.1 Å². The maximum absolute atomic E-state index is 5.88. The average molecular weight is 192 g/mol. The summed E-state index contributed by atoms with van der Waals surface area (Å²) in [5.74, 6) is 0. The van der Waals surface area contributed by atoms with Gasteiger partial charge in [0.15, 0.2) is 0 Å². The van der Waals surface area contributed by atoms with E-state index in [1.54, 1.807) is 11.3 Å². The topological polar surface area (TPSA) is 52.0 Å². The Morgan fingerprint density at radius 2 is 2.00 bits per heavy atom. The van der Waals surface area contributed by atoms with Crippen LogP contribution in [0.5, 0.6) is 0 Å². The quantitative estimate of drug-likeness (QED) is 0.682. The van der Waals surface area contributed by atoms with Crippen LogP contribution in [0.3, 0.4) is 0 Å². The second-order valence-electron chi connectivity index (χ2n) is 3.05. The van der Waals surface area contributed by atoms with Crippen molar-refractivity contribution in [2.75, 3.05) is 11.5 Å². The summed E-state index contributed by atoms with van der Waals surface area (Å²) in [5, 5.41) is 3.12. The number of anilines is 2. The van der Waals surface area contributed by atoms with E-state index in [4.69, 9.17) is 11.5 Å². The van der Waals surface area contributed by atoms with Crippen molar-refractivity contribution < 1.29 is 0 Å². The molecule has 13 heavy (non-hydrogen) atoms. The molecule has 0 saturated heterocycles. The predicted molar refractivity (Wildman–Crippen MR) is 60.0 cm³/mol. The van der Waals surface area contributed by atoms with E-state index in [0.29, 0.717) is 0 Å². The van der Waals surface area contributed by atoms with Gasteiger partial charge in [0.25, 0.3) is 0 Å². The Bertz CT molecular complexity index is 445. The van der Waals surface area contributed by atoms with Crippen LogP contribution in [-0.2, 0) is 6.42 Å². The van der Waals surface area contributed by atoms with E-state index in [1.807, 2.05) is 17.5 Å². The molecule has 0 aliphatic heterocycles. The highest BCUT2D eigenvalue weighted by molar-refractivity contribution is 7.17. The van der Waals surface area contributed by atoms with Crippen LogP contribution in [0.4, 0.5) is 11.4 Å². The third kappa shape index (κ3) is 1.16. The highest BCUT2D eigenvalue weighted by atomic mass is 32.1. The number of nitrogen functional groups attached to an aromatic ring is 2. The van der Waals surface area contributed by atoms with Gasteiger partial charge in [0.05, 0.1) is 5.69 Å². The number of hydrogen-bond donors (Lipinski definition) is 2. The molecule has 0 atom stereocenters. The van der Waals surface area contributed by atoms with Gasteiger partial charge in [-0.15, -0.1) is 11.3 Å². The van der Waals surface area contributed by atoms with Crippen LogP contribution in [-0.4, -0.2) is 0 Å². The minimum Gasteiger partial charge on any atom is -0.398 e. The number of fused-ring (bicyclic) bond motifs is 1. The van der Waals surface area contributed by atoms with E-state index in [9.17, 15) is 0 Å². The summed E-state index contributed by atoms with van der Waals surface area (Å²) in [6.07, 6.45) is 0.935. The molecule has 0 spiro atoms. The van der Waals surface area contributed by atoms with Gasteiger partial charge in [-0.1, -0.05) is 6.92 Å². The maximum atomic E-state index is 5.88. The molecule has 1 heterocycles. The minimum absolute atomic E-state index is 0.847. The predicted octanol–water partition coefficient (Wildman–Crippen LogP) is 2.63. The first-order valence-corrected chi connectivity index (χ1v) is 5.16. The molecule has 0 amide bonds. The van der Waals surface area contributed by atoms with Crippen molar-refractivity contribution in [3.8, 4) is 0 Å². The van der Waals surface area contributed by atoms with Crippen LogP contribution < -0.4 is 11.5 Å². The van der Waals surface area contributed by atoms with Gasteiger partial charge < -0.3 is 11.5 Å². The van der Waals surface area contributed by atoms with Crippen LogP contribution in [0.2, 0.25) is 0 Å². The molecule has 4 N–H and O–H groups in total. The van der Waals surface area contributed by atoms with E-state index < -0.39 is 0 Å². The molecule has 0 radical (unpaired) electrons. The zero-order valence-electron chi connectivity index (χ0n) is 7.50. The van der Waals surface area contributed by atoms with Gasteiger partial charge >= 0.3 is 0 Å². The largest absolute Gasteiger partial charge is 0.398 e. The van der Waals surface area contributed by atoms with Crippen molar-refractivity contribution in [1.82, 2.24) is 0 Å². The molecule has 2 rings (SSSR count). The maximum Gasteiger partial charge on any atom is 0.0506 e. The van der Waals surface area contributed by atoms with E-state index in [1.165, 1.54) is 10.3 Å². The third-order valence-corrected chi connectivity index (χ3v) is 3.23. The van der Waals surface area contributed by atoms with Gasteiger partial charge in [-0.05, 0) is 24.1 Å². The highest BCUT2D eigenvalue weighted by Gasteiger charge is 2.07. The summed E-state index contributed by atoms with van der Waals surface area (Å²) in [6, 6.07) is 3.99. The van der Waals surface area contributed by atoms with Crippen molar-refractivity contribution in [2.45, 2.75) is 13.3 Å². The Hall–Kier alpha value is -1.22. The molecular weight excluding hydrogens is 180 g/mol. The van der Waals surface area contributed by atoms with Gasteiger partial charge in [0.2, 0.25) is 0 Å². The Morgan fingerprint density at radius 3 is 2.69 bits per heavy atom. The van der Waals surface area contributed by atoms with Crippen molar-refractivity contribution in [1.29, 1.82) is 0 Å². The number of hydrogen-bond acceptors (Lipinski definition) is 3. The molecule has 68 valence electrons. The van der Waals surface area contributed by atoms with Crippen molar-refractivity contribution in [3.63, 3.8) is 0 Å². The molecule has 2 aromatic rings. The third-order valence-electron chi connectivity index (χ3n) is 2.27. The molecule has 1 aromatic carbocycles. The zero-order valence-corrected chi connectivity index (χ0v) is 8.32. The number of thiophene rings is 1. The number of aryl methyl sites for hydroxylation is 1. The normalized spacial score (nSPS) is 10.8. The van der Waals surface area contributed by atoms with E-state index in [2.05, 4.69) is 6.92 Å². The van der Waals surface area contributed by atoms with Gasteiger partial charge in [0, 0.05) is 21.2 Å². The van der Waals surface area contributed by atoms with Crippen molar-refractivity contribution >= 4 is 32.8 Å². The van der Waals surface area contributed by atoms with Gasteiger partial charge in [-0.2, -0.15) is 0 Å². The number of benzene rings is 1. The van der Waals surface area contributed by atoms with Crippen LogP contribution >= 0.6 is 11.3 Å². The lowest BCUT2D eigenvalue weighted by Crippen LogP contribution is -1.94. The Kier molecular flexibility index (Phi) is 1.88. The molecule has 3 heteroatoms. The first-order chi connectivity index (χ1) is 6.24. The van der Waals surface area contributed by atoms with Crippen molar-refractivity contribution in [2.24, 2.45) is 0 Å². The summed E-state index contributed by atoms with van der Waals surface area (Å²) in [7, 11) is 0. The average Bonchev–Trinajstić information content (AvgIpc) is 2.49. The molecule has 0 unspecified atom stereocenters. The van der Waals surface area contributed by atoms with E-state index in [-0.39, 0.29) is 0 Å². The van der Waals surface area contributed by atoms with Gasteiger partial charge in [-0.25, -0.2) is 0 Å². The first-order valence-electron chi connectivity index (χ1n) is 4.28. The van der Waals surface area contributed by atoms with E-state index in [0.717, 1.165) is 23.2 Å². The summed E-state index contributed by atoms with van der Waals surface area (Å²) in [5.41, 5.74) is 14.6. The fourth-order valence-corrected chi connectivity index (χ4v) is 2.50. The second-order valence-corrected chi connectivity index (χ2v) is 3.96. The molecule has 0 fully saturated rings. The highest BCUT2D eigenvalue weighted by Crippen LogP contribution is 2.34. The Balaban J connectivity index is 2.88. The Labute approximate surface area is 81.2 Å². The smallest absolute Gasteiger partial charge is 0.0506 e. The number of nitrogens with two attached hydrogens (primary N) is 2. The first kappa shape index (κ1) is 8.38. The second kappa shape index (κ2) is 2.92. The lowest BCUT2D eigenvalue weighted by atomic mass is 10.1. The molecule has 2 nitrogen and oxygen atoms in total. The minimum atomic E-state index is 0.847. The standard InChI is InChI=1S/C10H12N2S/c1-2-6-7(11)3-4-9-10(6)8(12)5-13-9/h3-5H,2,11-12H2,1H3. The lowest BCUT2D eigenvalue weighted by molar-refractivity contribution is 1.17. The summed E-state index contributed by atoms with van der Waals surface area (Å²) < 4.78 is 1.23. The lowest BCUT2D eigenvalue weighted by Gasteiger charge is -2.04. The van der Waals surface area contributed by atoms with Crippen LogP contribution in [0.25, 0.3) is 10.1 Å². The van der Waals surface area contributed by atoms with Gasteiger partial charge in [0.1, 0.15) is 0 Å².